The third-order valence-corrected chi connectivity index (χ3v) is 2.19. The Morgan fingerprint density at radius 1 is 1.47 bits per heavy atom. The van der Waals surface area contributed by atoms with Crippen molar-refractivity contribution in [2.45, 2.75) is 51.9 Å². The molecule has 0 aliphatic carbocycles. The fraction of sp³-hybridized carbons (Fsp3) is 1.00. The first kappa shape index (κ1) is 14.8. The van der Waals surface area contributed by atoms with Crippen molar-refractivity contribution in [1.82, 2.24) is 4.90 Å². The van der Waals surface area contributed by atoms with Gasteiger partial charge in [-0.3, -0.25) is 4.90 Å². The summed E-state index contributed by atoms with van der Waals surface area (Å²) >= 11 is 0. The number of alkyl halides is 1. The molecule has 0 aromatic heterocycles. The Kier molecular flexibility index (Phi) is 5.66. The van der Waals surface area contributed by atoms with Crippen LogP contribution in [0.2, 0.25) is 0 Å². The zero-order chi connectivity index (χ0) is 12.2. The topological polar surface area (TPSA) is 58.7 Å². The molecule has 0 aromatic carbocycles. The summed E-state index contributed by atoms with van der Waals surface area (Å²) in [5.41, 5.74) is 5.40. The van der Waals surface area contributed by atoms with Crippen molar-refractivity contribution in [1.29, 1.82) is 0 Å². The standard InChI is InChI=1S/C10H23FN2O2/c1-7(2)15-10(4,14)13(5)6-9(11)8(3)12/h7-9,14H,6,12H2,1-5H3/t8-,9?,10-/m1/s1. The summed E-state index contributed by atoms with van der Waals surface area (Å²) in [5.74, 6) is -1.46. The van der Waals surface area contributed by atoms with Crippen LogP contribution < -0.4 is 5.73 Å². The second-order valence-corrected chi connectivity index (χ2v) is 4.36. The molecule has 0 amide bonds. The minimum atomic E-state index is -1.46. The number of aliphatic hydroxyl groups is 1. The van der Waals surface area contributed by atoms with Crippen LogP contribution in [0.4, 0.5) is 4.39 Å². The van der Waals surface area contributed by atoms with Crippen molar-refractivity contribution in [3.05, 3.63) is 0 Å². The van der Waals surface area contributed by atoms with Gasteiger partial charge < -0.3 is 15.6 Å². The van der Waals surface area contributed by atoms with Crippen LogP contribution in [-0.2, 0) is 4.74 Å². The number of halogens is 1. The largest absolute Gasteiger partial charge is 0.353 e. The zero-order valence-electron chi connectivity index (χ0n) is 10.2. The van der Waals surface area contributed by atoms with E-state index in [2.05, 4.69) is 0 Å². The lowest BCUT2D eigenvalue weighted by atomic mass is 10.2. The van der Waals surface area contributed by atoms with Gasteiger partial charge in [0, 0.05) is 19.5 Å². The Morgan fingerprint density at radius 2 is 1.93 bits per heavy atom. The number of hydrogen-bond donors (Lipinski definition) is 2. The van der Waals surface area contributed by atoms with E-state index in [0.717, 1.165) is 0 Å². The molecular weight excluding hydrogens is 199 g/mol. The molecule has 1 unspecified atom stereocenters. The van der Waals surface area contributed by atoms with Gasteiger partial charge in [-0.25, -0.2) is 4.39 Å². The normalized spacial score (nSPS) is 20.4. The van der Waals surface area contributed by atoms with Crippen molar-refractivity contribution < 1.29 is 14.2 Å². The van der Waals surface area contributed by atoms with E-state index < -0.39 is 18.1 Å². The molecule has 3 atom stereocenters. The van der Waals surface area contributed by atoms with Crippen LogP contribution in [0.3, 0.4) is 0 Å². The van der Waals surface area contributed by atoms with E-state index in [1.165, 1.54) is 11.8 Å². The fourth-order valence-corrected chi connectivity index (χ4v) is 1.13. The average molecular weight is 222 g/mol. The third kappa shape index (κ3) is 5.41. The van der Waals surface area contributed by atoms with Gasteiger partial charge in [0.25, 0.3) is 0 Å². The lowest BCUT2D eigenvalue weighted by Crippen LogP contribution is -2.51. The number of rotatable bonds is 6. The van der Waals surface area contributed by atoms with E-state index in [1.54, 1.807) is 27.8 Å². The highest BCUT2D eigenvalue weighted by atomic mass is 19.1. The molecule has 4 nitrogen and oxygen atoms in total. The molecular formula is C10H23FN2O2. The highest BCUT2D eigenvalue weighted by Gasteiger charge is 2.30. The molecule has 0 spiro atoms. The molecule has 0 aliphatic rings. The van der Waals surface area contributed by atoms with E-state index in [4.69, 9.17) is 10.5 Å². The second-order valence-electron chi connectivity index (χ2n) is 4.36. The Bertz CT molecular complexity index is 186. The van der Waals surface area contributed by atoms with Gasteiger partial charge >= 0.3 is 0 Å². The van der Waals surface area contributed by atoms with Crippen LogP contribution >= 0.6 is 0 Å². The molecule has 5 heteroatoms. The van der Waals surface area contributed by atoms with Gasteiger partial charge in [-0.2, -0.15) is 0 Å². The summed E-state index contributed by atoms with van der Waals surface area (Å²) in [6.45, 7) is 6.73. The summed E-state index contributed by atoms with van der Waals surface area (Å²) in [7, 11) is 1.59. The minimum absolute atomic E-state index is 0.0391. The van der Waals surface area contributed by atoms with Crippen molar-refractivity contribution in [3.8, 4) is 0 Å². The molecule has 0 fully saturated rings. The maximum Gasteiger partial charge on any atom is 0.224 e. The molecule has 15 heavy (non-hydrogen) atoms. The highest BCUT2D eigenvalue weighted by Crippen LogP contribution is 2.15. The molecule has 0 saturated heterocycles. The van der Waals surface area contributed by atoms with Gasteiger partial charge in [-0.15, -0.1) is 0 Å². The SMILES string of the molecule is CC(C)O[C@@](C)(O)N(C)CC(F)[C@@H](C)N. The van der Waals surface area contributed by atoms with Gasteiger partial charge in [0.15, 0.2) is 0 Å². The van der Waals surface area contributed by atoms with Gasteiger partial charge in [0.1, 0.15) is 6.17 Å². The lowest BCUT2D eigenvalue weighted by Gasteiger charge is -2.36. The first-order valence-electron chi connectivity index (χ1n) is 5.18. The van der Waals surface area contributed by atoms with Crippen LogP contribution in [0.5, 0.6) is 0 Å². The monoisotopic (exact) mass is 222 g/mol. The van der Waals surface area contributed by atoms with Gasteiger partial charge in [0.05, 0.1) is 6.10 Å². The molecule has 0 aromatic rings. The van der Waals surface area contributed by atoms with Crippen LogP contribution in [0.25, 0.3) is 0 Å². The van der Waals surface area contributed by atoms with Gasteiger partial charge in [-0.05, 0) is 27.8 Å². The van der Waals surface area contributed by atoms with Crippen LogP contribution in [0, 0.1) is 0 Å². The van der Waals surface area contributed by atoms with Crippen molar-refractivity contribution >= 4 is 0 Å². The number of ether oxygens (including phenoxy) is 1. The second kappa shape index (κ2) is 5.75. The van der Waals surface area contributed by atoms with Crippen molar-refractivity contribution in [2.24, 2.45) is 5.73 Å². The summed E-state index contributed by atoms with van der Waals surface area (Å²) in [4.78, 5) is 1.40. The summed E-state index contributed by atoms with van der Waals surface area (Å²) in [6, 6.07) is -0.553. The summed E-state index contributed by atoms with van der Waals surface area (Å²) in [6.07, 6.45) is -1.31. The summed E-state index contributed by atoms with van der Waals surface area (Å²) in [5, 5.41) is 9.88. The molecule has 3 N–H and O–H groups in total. The molecule has 0 bridgehead atoms. The number of nitrogens with zero attached hydrogens (tertiary/aromatic N) is 1. The Morgan fingerprint density at radius 3 is 2.27 bits per heavy atom. The molecule has 0 heterocycles. The van der Waals surface area contributed by atoms with Gasteiger partial charge in [0.2, 0.25) is 5.91 Å². The molecule has 0 rings (SSSR count). The van der Waals surface area contributed by atoms with Crippen LogP contribution in [0.1, 0.15) is 27.7 Å². The lowest BCUT2D eigenvalue weighted by molar-refractivity contribution is -0.291. The third-order valence-electron chi connectivity index (χ3n) is 2.19. The fourth-order valence-electron chi connectivity index (χ4n) is 1.13. The first-order valence-corrected chi connectivity index (χ1v) is 5.18. The quantitative estimate of drug-likeness (QED) is 0.649. The van der Waals surface area contributed by atoms with Crippen molar-refractivity contribution in [3.63, 3.8) is 0 Å². The smallest absolute Gasteiger partial charge is 0.224 e. The molecule has 0 aliphatic heterocycles. The molecule has 0 radical (unpaired) electrons. The first-order chi connectivity index (χ1) is 6.66. The predicted molar refractivity (Wildman–Crippen MR) is 58.0 cm³/mol. The maximum absolute atomic E-state index is 13.3. The van der Waals surface area contributed by atoms with Crippen LogP contribution in [-0.4, -0.2) is 47.8 Å². The van der Waals surface area contributed by atoms with E-state index in [0.29, 0.717) is 0 Å². The van der Waals surface area contributed by atoms with E-state index in [-0.39, 0.29) is 12.6 Å². The van der Waals surface area contributed by atoms with E-state index >= 15 is 0 Å². The Labute approximate surface area is 91.2 Å². The average Bonchev–Trinajstić information content (AvgIpc) is 2.01. The Hall–Kier alpha value is -0.230. The van der Waals surface area contributed by atoms with E-state index in [1.807, 2.05) is 0 Å². The van der Waals surface area contributed by atoms with Crippen molar-refractivity contribution in [2.75, 3.05) is 13.6 Å². The van der Waals surface area contributed by atoms with E-state index in [9.17, 15) is 9.50 Å². The highest BCUT2D eigenvalue weighted by molar-refractivity contribution is 4.73. The van der Waals surface area contributed by atoms with Gasteiger partial charge in [-0.1, -0.05) is 0 Å². The summed E-state index contributed by atoms with van der Waals surface area (Å²) < 4.78 is 18.6. The predicted octanol–water partition coefficient (Wildman–Crippen LogP) is 0.695. The molecule has 92 valence electrons. The maximum atomic E-state index is 13.3. The zero-order valence-corrected chi connectivity index (χ0v) is 10.2. The van der Waals surface area contributed by atoms with Crippen LogP contribution in [0.15, 0.2) is 0 Å². The number of hydrogen-bond acceptors (Lipinski definition) is 4. The Balaban J connectivity index is 4.23. The minimum Gasteiger partial charge on any atom is -0.353 e. The number of nitrogens with two attached hydrogens (primary N) is 1. The molecule has 0 saturated carbocycles.